The molecule has 1 unspecified atom stereocenters. The molecule has 3 rings (SSSR count). The number of thiophene rings is 1. The summed E-state index contributed by atoms with van der Waals surface area (Å²) >= 11 is 1.27. The van der Waals surface area contributed by atoms with Gasteiger partial charge in [-0.3, -0.25) is 14.4 Å². The molecule has 2 aromatic heterocycles. The lowest BCUT2D eigenvalue weighted by molar-refractivity contribution is -0.126. The number of carbonyl (C=O) groups is 3. The molecule has 3 amide bonds. The van der Waals surface area contributed by atoms with E-state index in [1.807, 2.05) is 0 Å². The molecule has 3 heterocycles. The average molecular weight is 390 g/mol. The van der Waals surface area contributed by atoms with Crippen LogP contribution < -0.4 is 16.4 Å². The molecule has 0 radical (unpaired) electrons. The molecular formula is C18H22N4O4S. The SMILES string of the molecule is NCCNC(=O)C1CCCN(C(=O)c2ccsc2NC(=O)c2ccco2)C1. The van der Waals surface area contributed by atoms with Gasteiger partial charge in [0, 0.05) is 26.2 Å². The van der Waals surface area contributed by atoms with E-state index in [1.165, 1.54) is 17.6 Å². The fraction of sp³-hybridized carbons (Fsp3) is 0.389. The highest BCUT2D eigenvalue weighted by Crippen LogP contribution is 2.27. The van der Waals surface area contributed by atoms with Gasteiger partial charge in [-0.25, -0.2) is 0 Å². The van der Waals surface area contributed by atoms with Crippen LogP contribution in [0.2, 0.25) is 0 Å². The minimum atomic E-state index is -0.408. The molecule has 9 heteroatoms. The van der Waals surface area contributed by atoms with Crippen molar-refractivity contribution in [3.05, 3.63) is 41.2 Å². The van der Waals surface area contributed by atoms with Crippen LogP contribution in [0.1, 0.15) is 33.8 Å². The lowest BCUT2D eigenvalue weighted by Gasteiger charge is -2.32. The summed E-state index contributed by atoms with van der Waals surface area (Å²) in [5, 5.41) is 7.72. The number of nitrogens with two attached hydrogens (primary N) is 1. The number of anilines is 1. The van der Waals surface area contributed by atoms with Crippen molar-refractivity contribution in [2.24, 2.45) is 11.7 Å². The molecule has 1 aliphatic heterocycles. The maximum atomic E-state index is 12.9. The van der Waals surface area contributed by atoms with Crippen molar-refractivity contribution in [1.29, 1.82) is 0 Å². The Labute approximate surface area is 160 Å². The van der Waals surface area contributed by atoms with Crippen LogP contribution in [0.3, 0.4) is 0 Å². The summed E-state index contributed by atoms with van der Waals surface area (Å²) in [5.41, 5.74) is 5.84. The van der Waals surface area contributed by atoms with E-state index in [-0.39, 0.29) is 23.5 Å². The Hall–Kier alpha value is -2.65. The number of hydrogen-bond donors (Lipinski definition) is 3. The third kappa shape index (κ3) is 4.55. The molecular weight excluding hydrogens is 368 g/mol. The number of piperidine rings is 1. The Balaban J connectivity index is 1.66. The van der Waals surface area contributed by atoms with Crippen molar-refractivity contribution in [2.75, 3.05) is 31.5 Å². The van der Waals surface area contributed by atoms with Crippen molar-refractivity contribution in [1.82, 2.24) is 10.2 Å². The lowest BCUT2D eigenvalue weighted by Crippen LogP contribution is -2.46. The highest BCUT2D eigenvalue weighted by molar-refractivity contribution is 7.14. The second-order valence-electron chi connectivity index (χ2n) is 6.26. The maximum absolute atomic E-state index is 12.9. The average Bonchev–Trinajstić information content (AvgIpc) is 3.37. The van der Waals surface area contributed by atoms with Crippen molar-refractivity contribution in [3.63, 3.8) is 0 Å². The highest BCUT2D eigenvalue weighted by Gasteiger charge is 2.30. The largest absolute Gasteiger partial charge is 0.459 e. The third-order valence-corrected chi connectivity index (χ3v) is 5.22. The zero-order valence-electron chi connectivity index (χ0n) is 14.8. The van der Waals surface area contributed by atoms with E-state index in [1.54, 1.807) is 28.5 Å². The molecule has 1 aliphatic rings. The van der Waals surface area contributed by atoms with E-state index in [0.717, 1.165) is 12.8 Å². The fourth-order valence-corrected chi connectivity index (χ4v) is 3.81. The second-order valence-corrected chi connectivity index (χ2v) is 7.18. The lowest BCUT2D eigenvalue weighted by atomic mass is 9.96. The summed E-state index contributed by atoms with van der Waals surface area (Å²) in [6.45, 7) is 1.75. The summed E-state index contributed by atoms with van der Waals surface area (Å²) in [7, 11) is 0. The van der Waals surface area contributed by atoms with E-state index < -0.39 is 5.91 Å². The molecule has 0 aromatic carbocycles. The number of amides is 3. The number of furan rings is 1. The molecule has 0 aliphatic carbocycles. The number of nitrogens with zero attached hydrogens (tertiary/aromatic N) is 1. The van der Waals surface area contributed by atoms with Crippen LogP contribution in [0.15, 0.2) is 34.3 Å². The summed E-state index contributed by atoms with van der Waals surface area (Å²) < 4.78 is 5.08. The quantitative estimate of drug-likeness (QED) is 0.691. The minimum Gasteiger partial charge on any atom is -0.459 e. The van der Waals surface area contributed by atoms with Gasteiger partial charge in [-0.05, 0) is 36.4 Å². The van der Waals surface area contributed by atoms with Gasteiger partial charge in [0.15, 0.2) is 5.76 Å². The number of rotatable bonds is 6. The second kappa shape index (κ2) is 8.83. The number of nitrogens with one attached hydrogen (secondary N) is 2. The molecule has 1 fully saturated rings. The summed E-state index contributed by atoms with van der Waals surface area (Å²) in [5.74, 6) is -0.739. The van der Waals surface area contributed by atoms with E-state index in [2.05, 4.69) is 10.6 Å². The van der Waals surface area contributed by atoms with Crippen LogP contribution in [0.4, 0.5) is 5.00 Å². The smallest absolute Gasteiger partial charge is 0.291 e. The van der Waals surface area contributed by atoms with Crippen LogP contribution >= 0.6 is 11.3 Å². The van der Waals surface area contributed by atoms with Crippen molar-refractivity contribution in [3.8, 4) is 0 Å². The molecule has 1 saturated heterocycles. The fourth-order valence-electron chi connectivity index (χ4n) is 3.03. The van der Waals surface area contributed by atoms with Gasteiger partial charge in [0.2, 0.25) is 5.91 Å². The van der Waals surface area contributed by atoms with E-state index in [4.69, 9.17) is 10.2 Å². The molecule has 2 aromatic rings. The predicted octanol–water partition coefficient (Wildman–Crippen LogP) is 1.52. The minimum absolute atomic E-state index is 0.0744. The van der Waals surface area contributed by atoms with Gasteiger partial charge < -0.3 is 25.7 Å². The molecule has 4 N–H and O–H groups in total. The first-order chi connectivity index (χ1) is 13.1. The van der Waals surface area contributed by atoms with E-state index in [9.17, 15) is 14.4 Å². The van der Waals surface area contributed by atoms with Crippen molar-refractivity contribution >= 4 is 34.1 Å². The first kappa shape index (κ1) is 19.1. The zero-order chi connectivity index (χ0) is 19.2. The first-order valence-corrected chi connectivity index (χ1v) is 9.67. The topological polar surface area (TPSA) is 118 Å². The maximum Gasteiger partial charge on any atom is 0.291 e. The summed E-state index contributed by atoms with van der Waals surface area (Å²) in [6.07, 6.45) is 2.91. The van der Waals surface area contributed by atoms with Crippen molar-refractivity contribution < 1.29 is 18.8 Å². The molecule has 0 spiro atoms. The van der Waals surface area contributed by atoms with Crippen LogP contribution in [0, 0.1) is 5.92 Å². The normalized spacial score (nSPS) is 16.8. The Kier molecular flexibility index (Phi) is 6.25. The van der Waals surface area contributed by atoms with Gasteiger partial charge in [0.1, 0.15) is 5.00 Å². The number of carbonyl (C=O) groups excluding carboxylic acids is 3. The Morgan fingerprint density at radius 1 is 1.33 bits per heavy atom. The van der Waals surface area contributed by atoms with Crippen molar-refractivity contribution in [2.45, 2.75) is 12.8 Å². The number of likely N-dealkylation sites (tertiary alicyclic amines) is 1. The summed E-state index contributed by atoms with van der Waals surface area (Å²) in [6, 6.07) is 4.86. The molecule has 144 valence electrons. The molecule has 27 heavy (non-hydrogen) atoms. The van der Waals surface area contributed by atoms with Gasteiger partial charge in [0.05, 0.1) is 17.7 Å². The molecule has 8 nitrogen and oxygen atoms in total. The third-order valence-electron chi connectivity index (χ3n) is 4.39. The van der Waals surface area contributed by atoms with Crippen LogP contribution in [-0.2, 0) is 4.79 Å². The molecule has 0 saturated carbocycles. The van der Waals surface area contributed by atoms with Gasteiger partial charge >= 0.3 is 0 Å². The zero-order valence-corrected chi connectivity index (χ0v) is 15.6. The summed E-state index contributed by atoms with van der Waals surface area (Å²) in [4.78, 5) is 39.0. The molecule has 1 atom stereocenters. The Bertz CT molecular complexity index is 802. The molecule has 0 bridgehead atoms. The van der Waals surface area contributed by atoms with Gasteiger partial charge in [-0.2, -0.15) is 0 Å². The first-order valence-electron chi connectivity index (χ1n) is 8.79. The van der Waals surface area contributed by atoms with Gasteiger partial charge in [0.25, 0.3) is 11.8 Å². The monoisotopic (exact) mass is 390 g/mol. The number of hydrogen-bond acceptors (Lipinski definition) is 6. The Morgan fingerprint density at radius 3 is 2.93 bits per heavy atom. The van der Waals surface area contributed by atoms with E-state index >= 15 is 0 Å². The van der Waals surface area contributed by atoms with E-state index in [0.29, 0.717) is 36.7 Å². The van der Waals surface area contributed by atoms with Crippen LogP contribution in [0.25, 0.3) is 0 Å². The predicted molar refractivity (Wildman–Crippen MR) is 102 cm³/mol. The Morgan fingerprint density at radius 2 is 2.19 bits per heavy atom. The standard InChI is InChI=1S/C18H22N4O4S/c19-6-7-20-15(23)12-3-1-8-22(11-12)18(25)13-5-10-27-17(13)21-16(24)14-4-2-9-26-14/h2,4-5,9-10,12H,1,3,6-8,11,19H2,(H,20,23)(H,21,24). The van der Waals surface area contributed by atoms with Gasteiger partial charge in [-0.1, -0.05) is 0 Å². The highest BCUT2D eigenvalue weighted by atomic mass is 32.1. The van der Waals surface area contributed by atoms with Crippen LogP contribution in [-0.4, -0.2) is 48.8 Å². The van der Waals surface area contributed by atoms with Gasteiger partial charge in [-0.15, -0.1) is 11.3 Å². The van der Waals surface area contributed by atoms with Crippen LogP contribution in [0.5, 0.6) is 0 Å².